The molecule has 3 N–H and O–H groups in total. The van der Waals surface area contributed by atoms with E-state index in [4.69, 9.17) is 17.3 Å². The summed E-state index contributed by atoms with van der Waals surface area (Å²) in [4.78, 5) is 0.796. The fraction of sp³-hybridized carbons (Fsp3) is 0.333. The van der Waals surface area contributed by atoms with Gasteiger partial charge in [0.2, 0.25) is 0 Å². The number of nitrogens with two attached hydrogens (primary N) is 1. The predicted molar refractivity (Wildman–Crippen MR) is 51.0 cm³/mol. The number of rotatable bonds is 2. The third-order valence-corrected chi connectivity index (χ3v) is 3.79. The van der Waals surface area contributed by atoms with Gasteiger partial charge in [-0.05, 0) is 22.0 Å². The number of hydrogen-bond donors (Lipinski definition) is 2. The van der Waals surface area contributed by atoms with Crippen molar-refractivity contribution in [3.05, 3.63) is 19.8 Å². The normalized spacial score (nSPS) is 13.5. The van der Waals surface area contributed by atoms with Crippen LogP contribution in [0.2, 0.25) is 4.34 Å². The second kappa shape index (κ2) is 3.87. The van der Waals surface area contributed by atoms with Gasteiger partial charge >= 0.3 is 0 Å². The van der Waals surface area contributed by atoms with Crippen molar-refractivity contribution in [2.24, 2.45) is 5.73 Å². The van der Waals surface area contributed by atoms with Crippen LogP contribution < -0.4 is 5.73 Å². The fourth-order valence-corrected chi connectivity index (χ4v) is 2.38. The molecule has 0 saturated carbocycles. The molecule has 0 aliphatic carbocycles. The van der Waals surface area contributed by atoms with Gasteiger partial charge in [-0.15, -0.1) is 11.3 Å². The van der Waals surface area contributed by atoms with E-state index in [0.717, 1.165) is 9.35 Å². The molecule has 11 heavy (non-hydrogen) atoms. The van der Waals surface area contributed by atoms with Gasteiger partial charge in [-0.3, -0.25) is 0 Å². The molecule has 0 aliphatic heterocycles. The number of aliphatic hydroxyl groups is 1. The SMILES string of the molecule is NCC(O)c1cc(Br)c(Cl)s1. The average molecular weight is 257 g/mol. The van der Waals surface area contributed by atoms with Gasteiger partial charge in [0.05, 0.1) is 0 Å². The molecule has 0 aromatic carbocycles. The monoisotopic (exact) mass is 255 g/mol. The molecule has 0 radical (unpaired) electrons. The second-order valence-corrected chi connectivity index (χ2v) is 4.56. The van der Waals surface area contributed by atoms with Crippen molar-refractivity contribution in [1.82, 2.24) is 0 Å². The van der Waals surface area contributed by atoms with E-state index in [-0.39, 0.29) is 6.54 Å². The van der Waals surface area contributed by atoms with Gasteiger partial charge in [-0.25, -0.2) is 0 Å². The van der Waals surface area contributed by atoms with Crippen molar-refractivity contribution in [2.45, 2.75) is 6.10 Å². The highest BCUT2D eigenvalue weighted by Crippen LogP contribution is 2.34. The number of hydrogen-bond acceptors (Lipinski definition) is 3. The summed E-state index contributed by atoms with van der Waals surface area (Å²) in [5, 5.41) is 9.27. The van der Waals surface area contributed by atoms with E-state index >= 15 is 0 Å². The maximum absolute atomic E-state index is 9.27. The molecule has 1 heterocycles. The number of aliphatic hydroxyl groups excluding tert-OH is 1. The first-order valence-corrected chi connectivity index (χ1v) is 4.96. The summed E-state index contributed by atoms with van der Waals surface area (Å²) in [6, 6.07) is 1.78. The molecule has 62 valence electrons. The molecule has 0 spiro atoms. The summed E-state index contributed by atoms with van der Waals surface area (Å²) in [5.74, 6) is 0. The Morgan fingerprint density at radius 2 is 2.45 bits per heavy atom. The maximum atomic E-state index is 9.27. The molecule has 5 heteroatoms. The van der Waals surface area contributed by atoms with Crippen molar-refractivity contribution >= 4 is 38.9 Å². The first kappa shape index (κ1) is 9.48. The first-order valence-electron chi connectivity index (χ1n) is 2.98. The zero-order chi connectivity index (χ0) is 8.43. The highest BCUT2D eigenvalue weighted by Gasteiger charge is 2.10. The molecule has 1 rings (SSSR count). The Morgan fingerprint density at radius 3 is 2.82 bits per heavy atom. The first-order chi connectivity index (χ1) is 5.15. The fourth-order valence-electron chi connectivity index (χ4n) is 0.644. The van der Waals surface area contributed by atoms with Gasteiger partial charge in [0.1, 0.15) is 10.4 Å². The van der Waals surface area contributed by atoms with Gasteiger partial charge in [-0.1, -0.05) is 11.6 Å². The summed E-state index contributed by atoms with van der Waals surface area (Å²) in [6.45, 7) is 0.225. The maximum Gasteiger partial charge on any atom is 0.107 e. The third kappa shape index (κ3) is 2.16. The lowest BCUT2D eigenvalue weighted by Gasteiger charge is -2.01. The van der Waals surface area contributed by atoms with E-state index in [1.165, 1.54) is 11.3 Å². The lowest BCUT2D eigenvalue weighted by molar-refractivity contribution is 0.190. The van der Waals surface area contributed by atoms with Gasteiger partial charge in [0.15, 0.2) is 0 Å². The third-order valence-electron chi connectivity index (χ3n) is 1.22. The van der Waals surface area contributed by atoms with Crippen LogP contribution >= 0.6 is 38.9 Å². The predicted octanol–water partition coefficient (Wildman–Crippen LogP) is 2.16. The van der Waals surface area contributed by atoms with Crippen LogP contribution in [0.25, 0.3) is 0 Å². The minimum absolute atomic E-state index is 0.225. The van der Waals surface area contributed by atoms with Crippen molar-refractivity contribution in [2.75, 3.05) is 6.54 Å². The quantitative estimate of drug-likeness (QED) is 0.852. The number of thiophene rings is 1. The van der Waals surface area contributed by atoms with Gasteiger partial charge < -0.3 is 10.8 Å². The standard InChI is InChI=1S/C6H7BrClNOS/c7-3-1-5(4(10)2-9)11-6(3)8/h1,4,10H,2,9H2. The van der Waals surface area contributed by atoms with Crippen LogP contribution in [0.4, 0.5) is 0 Å². The van der Waals surface area contributed by atoms with E-state index in [0.29, 0.717) is 4.34 Å². The van der Waals surface area contributed by atoms with Crippen LogP contribution in [-0.4, -0.2) is 11.7 Å². The van der Waals surface area contributed by atoms with Crippen molar-refractivity contribution in [3.8, 4) is 0 Å². The van der Waals surface area contributed by atoms with Crippen molar-refractivity contribution < 1.29 is 5.11 Å². The molecule has 0 fully saturated rings. The molecule has 0 amide bonds. The number of halogens is 2. The van der Waals surface area contributed by atoms with Crippen LogP contribution in [0, 0.1) is 0 Å². The molecule has 1 aromatic heterocycles. The summed E-state index contributed by atoms with van der Waals surface area (Å²) >= 11 is 10.3. The molecule has 0 saturated heterocycles. The van der Waals surface area contributed by atoms with Gasteiger partial charge in [-0.2, -0.15) is 0 Å². The topological polar surface area (TPSA) is 46.2 Å². The van der Waals surface area contributed by atoms with E-state index in [1.54, 1.807) is 6.07 Å². The minimum atomic E-state index is -0.594. The highest BCUT2D eigenvalue weighted by molar-refractivity contribution is 9.10. The molecule has 1 aromatic rings. The van der Waals surface area contributed by atoms with Crippen LogP contribution in [-0.2, 0) is 0 Å². The molecular weight excluding hydrogens is 249 g/mol. The Morgan fingerprint density at radius 1 is 1.82 bits per heavy atom. The van der Waals surface area contributed by atoms with E-state index in [1.807, 2.05) is 0 Å². The van der Waals surface area contributed by atoms with E-state index in [2.05, 4.69) is 15.9 Å². The molecule has 1 atom stereocenters. The molecular formula is C6H7BrClNOS. The Bertz CT molecular complexity index is 233. The Balaban J connectivity index is 2.88. The Kier molecular flexibility index (Phi) is 3.33. The largest absolute Gasteiger partial charge is 0.386 e. The summed E-state index contributed by atoms with van der Waals surface area (Å²) in [5.41, 5.74) is 5.26. The lowest BCUT2D eigenvalue weighted by atomic mass is 10.3. The minimum Gasteiger partial charge on any atom is -0.386 e. The molecule has 0 bridgehead atoms. The van der Waals surface area contributed by atoms with Crippen LogP contribution in [0.3, 0.4) is 0 Å². The summed E-state index contributed by atoms with van der Waals surface area (Å²) in [6.07, 6.45) is -0.594. The van der Waals surface area contributed by atoms with Crippen molar-refractivity contribution in [3.63, 3.8) is 0 Å². The van der Waals surface area contributed by atoms with E-state index < -0.39 is 6.10 Å². The smallest absolute Gasteiger partial charge is 0.107 e. The van der Waals surface area contributed by atoms with Gasteiger partial charge in [0, 0.05) is 15.9 Å². The lowest BCUT2D eigenvalue weighted by Crippen LogP contribution is -2.09. The van der Waals surface area contributed by atoms with Crippen LogP contribution in [0.5, 0.6) is 0 Å². The van der Waals surface area contributed by atoms with Crippen LogP contribution in [0.15, 0.2) is 10.5 Å². The summed E-state index contributed by atoms with van der Waals surface area (Å²) in [7, 11) is 0. The van der Waals surface area contributed by atoms with Crippen LogP contribution in [0.1, 0.15) is 11.0 Å². The van der Waals surface area contributed by atoms with E-state index in [9.17, 15) is 5.11 Å². The summed E-state index contributed by atoms with van der Waals surface area (Å²) < 4.78 is 1.46. The molecule has 1 unspecified atom stereocenters. The zero-order valence-electron chi connectivity index (χ0n) is 5.55. The van der Waals surface area contributed by atoms with Crippen molar-refractivity contribution in [1.29, 1.82) is 0 Å². The second-order valence-electron chi connectivity index (χ2n) is 2.02. The molecule has 2 nitrogen and oxygen atoms in total. The Hall–Kier alpha value is 0.390. The van der Waals surface area contributed by atoms with Gasteiger partial charge in [0.25, 0.3) is 0 Å². The zero-order valence-corrected chi connectivity index (χ0v) is 8.71. The highest BCUT2D eigenvalue weighted by atomic mass is 79.9. The Labute approximate surface area is 82.1 Å². The molecule has 0 aliphatic rings. The average Bonchev–Trinajstić information content (AvgIpc) is 2.31.